The lowest BCUT2D eigenvalue weighted by atomic mass is 9.94. The number of anilines is 1. The van der Waals surface area contributed by atoms with E-state index in [0.29, 0.717) is 0 Å². The van der Waals surface area contributed by atoms with E-state index in [1.54, 1.807) is 18.4 Å². The van der Waals surface area contributed by atoms with Gasteiger partial charge in [0.15, 0.2) is 17.4 Å². The molecule has 4 heterocycles. The number of amides is 1. The average Bonchev–Trinajstić information content (AvgIpc) is 3.61. The van der Waals surface area contributed by atoms with Gasteiger partial charge in [0.1, 0.15) is 17.8 Å². The molecule has 2 aliphatic heterocycles. The lowest BCUT2D eigenvalue weighted by Gasteiger charge is -2.45. The van der Waals surface area contributed by atoms with Gasteiger partial charge in [-0.15, -0.1) is 0 Å². The maximum Gasteiger partial charge on any atom is 0.280 e. The third kappa shape index (κ3) is 4.72. The fourth-order valence-corrected chi connectivity index (χ4v) is 11.1. The molecule has 2 bridgehead atoms. The van der Waals surface area contributed by atoms with Crippen LogP contribution in [-0.4, -0.2) is 69.4 Å². The topological polar surface area (TPSA) is 141 Å². The number of nitrogens with one attached hydrogen (secondary N) is 2. The van der Waals surface area contributed by atoms with Gasteiger partial charge in [-0.25, -0.2) is 4.98 Å². The first-order chi connectivity index (χ1) is 20.9. The zero-order valence-electron chi connectivity index (χ0n) is 25.8. The van der Waals surface area contributed by atoms with E-state index in [2.05, 4.69) is 65.3 Å². The third-order valence-electron chi connectivity index (χ3n) is 8.89. The first kappa shape index (κ1) is 30.3. The van der Waals surface area contributed by atoms with E-state index in [-0.39, 0.29) is 40.6 Å². The number of aliphatic hydroxyl groups is 1. The summed E-state index contributed by atoms with van der Waals surface area (Å²) < 4.78 is 21.8. The fourth-order valence-electron chi connectivity index (χ4n) is 6.49. The number of ether oxygens (including phenoxy) is 2. The zero-order chi connectivity index (χ0) is 31.4. The minimum atomic E-state index is -2.96. The number of carbonyl (C=O) groups excluding carboxylic acids is 1. The highest BCUT2D eigenvalue weighted by Gasteiger charge is 2.67. The molecule has 11 nitrogen and oxygen atoms in total. The van der Waals surface area contributed by atoms with Crippen LogP contribution in [0, 0.1) is 5.92 Å². The lowest BCUT2D eigenvalue weighted by Crippen LogP contribution is -2.68. The lowest BCUT2D eigenvalue weighted by molar-refractivity contribution is -0.214. The monoisotopic (exact) mass is 617 g/mol. The highest BCUT2D eigenvalue weighted by Crippen LogP contribution is 2.50. The third-order valence-corrected chi connectivity index (χ3v) is 13.9. The van der Waals surface area contributed by atoms with Crippen LogP contribution in [0.25, 0.3) is 11.2 Å². The number of rotatable bonds is 8. The van der Waals surface area contributed by atoms with Gasteiger partial charge < -0.3 is 19.0 Å². The summed E-state index contributed by atoms with van der Waals surface area (Å²) in [4.78, 5) is 36.5. The Morgan fingerprint density at radius 1 is 1.14 bits per heavy atom. The van der Waals surface area contributed by atoms with Crippen LogP contribution in [0.2, 0.25) is 5.04 Å². The minimum absolute atomic E-state index is 0.00525. The van der Waals surface area contributed by atoms with Gasteiger partial charge in [0, 0.05) is 5.92 Å². The van der Waals surface area contributed by atoms with E-state index in [9.17, 15) is 14.7 Å². The quantitative estimate of drug-likeness (QED) is 0.257. The Balaban J connectivity index is 1.38. The number of fused-ring (bicyclic) bond motifs is 3. The molecule has 232 valence electrons. The van der Waals surface area contributed by atoms with Crippen molar-refractivity contribution in [3.8, 4) is 0 Å². The number of aromatic amines is 1. The highest BCUT2D eigenvalue weighted by molar-refractivity contribution is 6.99. The number of H-pyrrole nitrogens is 1. The Labute approximate surface area is 256 Å². The first-order valence-electron chi connectivity index (χ1n) is 14.9. The van der Waals surface area contributed by atoms with Gasteiger partial charge in [-0.1, -0.05) is 95.3 Å². The molecule has 2 saturated heterocycles. The van der Waals surface area contributed by atoms with Crippen LogP contribution < -0.4 is 21.2 Å². The molecule has 0 spiro atoms. The van der Waals surface area contributed by atoms with Crippen LogP contribution in [0.3, 0.4) is 0 Å². The molecule has 6 rings (SSSR count). The molecular formula is C32H39N5O6Si. The van der Waals surface area contributed by atoms with Gasteiger partial charge in [0.25, 0.3) is 13.9 Å². The Bertz CT molecular complexity index is 1680. The van der Waals surface area contributed by atoms with Crippen molar-refractivity contribution in [2.45, 2.75) is 76.7 Å². The summed E-state index contributed by atoms with van der Waals surface area (Å²) in [6, 6.07) is 20.6. The predicted octanol–water partition coefficient (Wildman–Crippen LogP) is 2.71. The summed E-state index contributed by atoms with van der Waals surface area (Å²) in [5.41, 5.74) is -1.42. The van der Waals surface area contributed by atoms with Crippen molar-refractivity contribution in [1.29, 1.82) is 0 Å². The van der Waals surface area contributed by atoms with Crippen LogP contribution >= 0.6 is 0 Å². The molecule has 0 saturated carbocycles. The largest absolute Gasteiger partial charge is 0.404 e. The van der Waals surface area contributed by atoms with Crippen molar-refractivity contribution in [3.63, 3.8) is 0 Å². The van der Waals surface area contributed by atoms with Crippen LogP contribution in [0.15, 0.2) is 71.8 Å². The fraction of sp³-hybridized carbons (Fsp3) is 0.438. The standard InChI is InChI=1S/C32H39N5O6Si/c1-19(2)27(39)35-30-34-26-23(28(40)36-30)33-18-37(26)29-24-25(38)32(43-29,20(3)42-24)17-41-44(31(4,5)6,21-13-9-7-10-14-21)22-15-11-8-12-16-22/h7-16,18-20,24-25,29,38H,17H2,1-6H3,(H2,34,35,36,39,40)/t20-,24+,25-,29+,32-/m0/s1. The molecule has 3 N–H and O–H groups in total. The van der Waals surface area contributed by atoms with Gasteiger partial charge in [-0.2, -0.15) is 4.98 Å². The van der Waals surface area contributed by atoms with E-state index in [1.807, 2.05) is 43.3 Å². The number of hydrogen-bond acceptors (Lipinski definition) is 8. The van der Waals surface area contributed by atoms with Crippen molar-refractivity contribution < 1.29 is 23.8 Å². The summed E-state index contributed by atoms with van der Waals surface area (Å²) >= 11 is 0. The molecule has 2 fully saturated rings. The maximum atomic E-state index is 12.8. The Kier molecular flexibility index (Phi) is 7.61. The van der Waals surface area contributed by atoms with Crippen LogP contribution in [0.4, 0.5) is 5.95 Å². The van der Waals surface area contributed by atoms with Gasteiger partial charge in [-0.05, 0) is 22.3 Å². The van der Waals surface area contributed by atoms with Gasteiger partial charge in [0.05, 0.1) is 19.0 Å². The van der Waals surface area contributed by atoms with Crippen LogP contribution in [-0.2, 0) is 18.7 Å². The Hall–Kier alpha value is -3.68. The summed E-state index contributed by atoms with van der Waals surface area (Å²) in [6.45, 7) is 12.0. The summed E-state index contributed by atoms with van der Waals surface area (Å²) in [6.07, 6.45) is -1.66. The second-order valence-electron chi connectivity index (χ2n) is 13.0. The van der Waals surface area contributed by atoms with Crippen molar-refractivity contribution in [2.75, 3.05) is 11.9 Å². The predicted molar refractivity (Wildman–Crippen MR) is 168 cm³/mol. The van der Waals surface area contributed by atoms with Crippen molar-refractivity contribution in [1.82, 2.24) is 19.5 Å². The molecule has 12 heteroatoms. The van der Waals surface area contributed by atoms with Crippen molar-refractivity contribution in [2.24, 2.45) is 5.92 Å². The molecule has 1 amide bonds. The summed E-state index contributed by atoms with van der Waals surface area (Å²) in [5, 5.41) is 16.3. The molecular weight excluding hydrogens is 578 g/mol. The number of carbonyl (C=O) groups is 1. The smallest absolute Gasteiger partial charge is 0.280 e. The van der Waals surface area contributed by atoms with E-state index in [0.717, 1.165) is 10.4 Å². The van der Waals surface area contributed by atoms with Gasteiger partial charge >= 0.3 is 0 Å². The first-order valence-corrected chi connectivity index (χ1v) is 16.8. The number of benzene rings is 2. The molecule has 0 unspecified atom stereocenters. The molecule has 0 aliphatic carbocycles. The van der Waals surface area contributed by atoms with Crippen LogP contribution in [0.5, 0.6) is 0 Å². The number of aromatic nitrogens is 4. The second-order valence-corrected chi connectivity index (χ2v) is 17.3. The maximum absolute atomic E-state index is 12.8. The minimum Gasteiger partial charge on any atom is -0.404 e. The average molecular weight is 618 g/mol. The second kappa shape index (κ2) is 11.0. The van der Waals surface area contributed by atoms with Gasteiger partial charge in [-0.3, -0.25) is 24.5 Å². The number of hydrogen-bond donors (Lipinski definition) is 3. The normalized spacial score (nSPS) is 25.2. The van der Waals surface area contributed by atoms with Crippen molar-refractivity contribution in [3.05, 3.63) is 77.3 Å². The molecule has 2 aromatic heterocycles. The number of aliphatic hydroxyl groups excluding tert-OH is 1. The SMILES string of the molecule is CC(C)C(=O)Nc1nc2c(ncn2[C@@H]2O[C@@]3(CO[Si](c4ccccc4)(c4ccccc4)C(C)(C)C)[C@H](C)O[C@@H]2[C@@H]3O)c(=O)[nH]1. The Morgan fingerprint density at radius 3 is 2.32 bits per heavy atom. The molecule has 44 heavy (non-hydrogen) atoms. The van der Waals surface area contributed by atoms with Crippen molar-refractivity contribution >= 4 is 41.7 Å². The summed E-state index contributed by atoms with van der Waals surface area (Å²) in [5.74, 6) is -0.595. The van der Waals surface area contributed by atoms with E-state index in [4.69, 9.17) is 13.9 Å². The number of nitrogens with zero attached hydrogens (tertiary/aromatic N) is 3. The molecule has 5 atom stereocenters. The summed E-state index contributed by atoms with van der Waals surface area (Å²) in [7, 11) is -2.96. The van der Waals surface area contributed by atoms with E-state index in [1.165, 1.54) is 6.33 Å². The molecule has 2 aliphatic rings. The number of imidazole rings is 1. The van der Waals surface area contributed by atoms with Gasteiger partial charge in [0.2, 0.25) is 11.9 Å². The van der Waals surface area contributed by atoms with E-state index < -0.39 is 44.0 Å². The molecule has 4 aromatic rings. The Morgan fingerprint density at radius 2 is 1.75 bits per heavy atom. The van der Waals surface area contributed by atoms with Crippen LogP contribution in [0.1, 0.15) is 47.8 Å². The van der Waals surface area contributed by atoms with E-state index >= 15 is 0 Å². The molecule has 2 aromatic carbocycles. The highest BCUT2D eigenvalue weighted by atomic mass is 28.4. The zero-order valence-corrected chi connectivity index (χ0v) is 26.8. The molecule has 0 radical (unpaired) electrons.